The van der Waals surface area contributed by atoms with Crippen LogP contribution in [0.1, 0.15) is 13.8 Å². The molecule has 2 aliphatic rings. The number of rotatable bonds is 1. The largest absolute Gasteiger partial charge is 0.450 e. The van der Waals surface area contributed by atoms with Crippen molar-refractivity contribution in [3.8, 4) is 0 Å². The van der Waals surface area contributed by atoms with Crippen molar-refractivity contribution in [2.24, 2.45) is 5.92 Å². The van der Waals surface area contributed by atoms with Crippen LogP contribution >= 0.6 is 15.9 Å². The number of carbonyl (C=O) groups excluding carboxylic acids is 1. The number of nitrogens with zero attached hydrogens (tertiary/aromatic N) is 1. The molecule has 1 N–H and O–H groups in total. The average molecular weight is 264 g/mol. The van der Waals surface area contributed by atoms with E-state index in [2.05, 4.69) is 15.9 Å². The Morgan fingerprint density at radius 2 is 2.43 bits per heavy atom. The van der Waals surface area contributed by atoms with Crippen LogP contribution in [0.5, 0.6) is 0 Å². The Morgan fingerprint density at radius 3 is 2.93 bits per heavy atom. The maximum absolute atomic E-state index is 11.4. The third-order valence-electron chi connectivity index (χ3n) is 3.28. The highest BCUT2D eigenvalue weighted by atomic mass is 79.9. The number of likely N-dealkylation sites (tertiary alicyclic amines) is 1. The summed E-state index contributed by atoms with van der Waals surface area (Å²) < 4.78 is 4.90. The first-order valence-corrected chi connectivity index (χ1v) is 5.71. The fraction of sp³-hybridized carbons (Fsp3) is 0.889. The van der Waals surface area contributed by atoms with Gasteiger partial charge in [-0.05, 0) is 13.8 Å². The molecule has 5 heteroatoms. The van der Waals surface area contributed by atoms with Gasteiger partial charge < -0.3 is 14.7 Å². The van der Waals surface area contributed by atoms with Gasteiger partial charge in [0.05, 0.1) is 23.1 Å². The number of alkyl halides is 1. The molecule has 2 rings (SSSR count). The summed E-state index contributed by atoms with van der Waals surface area (Å²) in [4.78, 5) is 13.0. The van der Waals surface area contributed by atoms with E-state index in [4.69, 9.17) is 4.74 Å². The highest BCUT2D eigenvalue weighted by Gasteiger charge is 2.67. The van der Waals surface area contributed by atoms with Crippen LogP contribution in [0.15, 0.2) is 0 Å². The number of ether oxygens (including phenoxy) is 1. The first kappa shape index (κ1) is 10.2. The average Bonchev–Trinajstić information content (AvgIpc) is 2.02. The summed E-state index contributed by atoms with van der Waals surface area (Å²) in [7, 11) is 0. The second-order valence-electron chi connectivity index (χ2n) is 4.08. The zero-order chi connectivity index (χ0) is 10.5. The maximum atomic E-state index is 11.4. The van der Waals surface area contributed by atoms with Crippen molar-refractivity contribution in [1.29, 1.82) is 0 Å². The summed E-state index contributed by atoms with van der Waals surface area (Å²) in [6.07, 6.45) is -0.270. The van der Waals surface area contributed by atoms with Gasteiger partial charge in [0, 0.05) is 12.5 Å². The Labute approximate surface area is 91.3 Å². The third-order valence-corrected chi connectivity index (χ3v) is 4.75. The van der Waals surface area contributed by atoms with Crippen LogP contribution in [0.4, 0.5) is 4.79 Å². The minimum atomic E-state index is -0.673. The summed E-state index contributed by atoms with van der Waals surface area (Å²) in [5.41, 5.74) is -0.673. The number of aliphatic hydroxyl groups is 1. The second kappa shape index (κ2) is 3.10. The van der Waals surface area contributed by atoms with Crippen molar-refractivity contribution in [2.75, 3.05) is 13.2 Å². The molecule has 0 aromatic rings. The van der Waals surface area contributed by atoms with E-state index < -0.39 is 5.60 Å². The van der Waals surface area contributed by atoms with Crippen molar-refractivity contribution >= 4 is 22.0 Å². The number of hydrogen-bond donors (Lipinski definition) is 1. The van der Waals surface area contributed by atoms with Gasteiger partial charge in [0.25, 0.3) is 0 Å². The molecule has 0 aromatic heterocycles. The highest BCUT2D eigenvalue weighted by Crippen LogP contribution is 2.53. The van der Waals surface area contributed by atoms with Crippen LogP contribution in [0, 0.1) is 5.92 Å². The van der Waals surface area contributed by atoms with Crippen LogP contribution in [0.2, 0.25) is 0 Å². The number of halogens is 1. The van der Waals surface area contributed by atoms with E-state index in [1.165, 1.54) is 0 Å². The van der Waals surface area contributed by atoms with E-state index in [1.807, 2.05) is 0 Å². The number of piperidine rings is 1. The van der Waals surface area contributed by atoms with Crippen LogP contribution < -0.4 is 0 Å². The fourth-order valence-corrected chi connectivity index (χ4v) is 3.24. The minimum absolute atomic E-state index is 0.0295. The molecule has 1 heterocycles. The van der Waals surface area contributed by atoms with Gasteiger partial charge in [-0.3, -0.25) is 0 Å². The molecule has 4 nitrogen and oxygen atoms in total. The Bertz CT molecular complexity index is 261. The first-order valence-electron chi connectivity index (χ1n) is 4.80. The predicted molar refractivity (Wildman–Crippen MR) is 54.3 cm³/mol. The molecule has 1 aliphatic carbocycles. The lowest BCUT2D eigenvalue weighted by molar-refractivity contribution is -0.188. The molecule has 14 heavy (non-hydrogen) atoms. The lowest BCUT2D eigenvalue weighted by atomic mass is 9.60. The molecule has 1 amide bonds. The molecular weight excluding hydrogens is 250 g/mol. The minimum Gasteiger partial charge on any atom is -0.450 e. The maximum Gasteiger partial charge on any atom is 0.410 e. The number of amides is 1. The Kier molecular flexibility index (Phi) is 2.27. The molecule has 1 aliphatic heterocycles. The Hall–Kier alpha value is -0.290. The molecule has 4 atom stereocenters. The smallest absolute Gasteiger partial charge is 0.410 e. The van der Waals surface area contributed by atoms with Crippen LogP contribution in [0.3, 0.4) is 0 Å². The second-order valence-corrected chi connectivity index (χ2v) is 5.06. The van der Waals surface area contributed by atoms with Crippen LogP contribution in [0.25, 0.3) is 0 Å². The lowest BCUT2D eigenvalue weighted by Crippen LogP contribution is -2.81. The summed E-state index contributed by atoms with van der Waals surface area (Å²) in [6, 6.07) is 0.115. The van der Waals surface area contributed by atoms with Gasteiger partial charge in [-0.15, -0.1) is 0 Å². The van der Waals surface area contributed by atoms with Gasteiger partial charge in [0.15, 0.2) is 0 Å². The highest BCUT2D eigenvalue weighted by molar-refractivity contribution is 9.09. The molecule has 0 radical (unpaired) electrons. The SMILES string of the molecule is CCOC(=O)N1C[C@H]2[C@@H]1[C@H](Br)[C@@]2(C)O. The quantitative estimate of drug-likeness (QED) is 0.718. The van der Waals surface area contributed by atoms with E-state index in [0.717, 1.165) is 0 Å². The van der Waals surface area contributed by atoms with Crippen molar-refractivity contribution in [2.45, 2.75) is 30.3 Å². The predicted octanol–water partition coefficient (Wildman–Crippen LogP) is 0.971. The van der Waals surface area contributed by atoms with Gasteiger partial charge in [-0.2, -0.15) is 0 Å². The van der Waals surface area contributed by atoms with E-state index in [0.29, 0.717) is 13.2 Å². The van der Waals surface area contributed by atoms with Crippen molar-refractivity contribution in [3.63, 3.8) is 0 Å². The number of hydrogen-bond acceptors (Lipinski definition) is 3. The van der Waals surface area contributed by atoms with Crippen molar-refractivity contribution in [1.82, 2.24) is 4.90 Å². The van der Waals surface area contributed by atoms with Crippen LogP contribution in [-0.4, -0.2) is 45.7 Å². The van der Waals surface area contributed by atoms with Gasteiger partial charge >= 0.3 is 6.09 Å². The number of fused-ring (bicyclic) bond motifs is 1. The molecule has 0 bridgehead atoms. The van der Waals surface area contributed by atoms with E-state index in [1.54, 1.807) is 18.7 Å². The van der Waals surface area contributed by atoms with Crippen molar-refractivity contribution in [3.05, 3.63) is 0 Å². The van der Waals surface area contributed by atoms with E-state index >= 15 is 0 Å². The summed E-state index contributed by atoms with van der Waals surface area (Å²) in [5, 5.41) is 9.88. The molecular formula is C9H14BrNO3. The summed E-state index contributed by atoms with van der Waals surface area (Å²) >= 11 is 3.40. The van der Waals surface area contributed by atoms with Gasteiger partial charge in [0.2, 0.25) is 0 Å². The van der Waals surface area contributed by atoms with E-state index in [-0.39, 0.29) is 22.9 Å². The van der Waals surface area contributed by atoms with Gasteiger partial charge in [-0.1, -0.05) is 15.9 Å². The Morgan fingerprint density at radius 1 is 1.79 bits per heavy atom. The fourth-order valence-electron chi connectivity index (χ4n) is 2.25. The van der Waals surface area contributed by atoms with Crippen LogP contribution in [-0.2, 0) is 4.74 Å². The number of carbonyl (C=O) groups is 1. The molecule has 0 spiro atoms. The molecule has 1 saturated carbocycles. The zero-order valence-electron chi connectivity index (χ0n) is 8.24. The molecule has 0 unspecified atom stereocenters. The molecule has 1 saturated heterocycles. The normalized spacial score (nSPS) is 44.9. The van der Waals surface area contributed by atoms with Gasteiger partial charge in [-0.25, -0.2) is 4.79 Å². The molecule has 80 valence electrons. The lowest BCUT2D eigenvalue weighted by Gasteiger charge is -2.65. The molecule has 0 aromatic carbocycles. The molecule has 2 fully saturated rings. The third kappa shape index (κ3) is 1.11. The monoisotopic (exact) mass is 263 g/mol. The summed E-state index contributed by atoms with van der Waals surface area (Å²) in [5.74, 6) is 0.205. The standard InChI is InChI=1S/C9H14BrNO3/c1-3-14-8(12)11-4-5-6(11)7(10)9(5,2)13/h5-7,13H,3-4H2,1-2H3/t5-,6+,7-,9-/m0/s1. The zero-order valence-corrected chi connectivity index (χ0v) is 9.82. The first-order chi connectivity index (χ1) is 6.50. The summed E-state index contributed by atoms with van der Waals surface area (Å²) in [6.45, 7) is 4.60. The topological polar surface area (TPSA) is 49.8 Å². The van der Waals surface area contributed by atoms with E-state index in [9.17, 15) is 9.90 Å². The van der Waals surface area contributed by atoms with Crippen molar-refractivity contribution < 1.29 is 14.6 Å². The van der Waals surface area contributed by atoms with Gasteiger partial charge in [0.1, 0.15) is 0 Å². The Balaban J connectivity index is 1.95.